The average Bonchev–Trinajstić information content (AvgIpc) is 2.30. The molecule has 16 heavy (non-hydrogen) atoms. The van der Waals surface area contributed by atoms with Crippen molar-refractivity contribution in [3.05, 3.63) is 28.8 Å². The first kappa shape index (κ1) is 12.5. The Balaban J connectivity index is 2.99. The summed E-state index contributed by atoms with van der Waals surface area (Å²) in [6.45, 7) is -0.138. The van der Waals surface area contributed by atoms with Crippen LogP contribution in [0.2, 0.25) is 5.02 Å². The number of carbonyl (C=O) groups is 2. The van der Waals surface area contributed by atoms with Gasteiger partial charge in [0, 0.05) is 12.6 Å². The summed E-state index contributed by atoms with van der Waals surface area (Å²) < 4.78 is 0. The number of nitrogens with one attached hydrogen (secondary N) is 2. The van der Waals surface area contributed by atoms with Gasteiger partial charge >= 0.3 is 0 Å². The highest BCUT2D eigenvalue weighted by Crippen LogP contribution is 2.22. The lowest BCUT2D eigenvalue weighted by molar-refractivity contribution is -0.114. The van der Waals surface area contributed by atoms with Crippen molar-refractivity contribution in [2.75, 3.05) is 18.9 Å². The van der Waals surface area contributed by atoms with Crippen molar-refractivity contribution in [1.29, 1.82) is 0 Å². The minimum atomic E-state index is -0.365. The number of hydrogen-bond acceptors (Lipinski definition) is 3. The maximum absolute atomic E-state index is 11.3. The molecule has 6 heteroatoms. The van der Waals surface area contributed by atoms with E-state index in [0.717, 1.165) is 0 Å². The molecule has 1 aromatic carbocycles. The number of nitrogens with two attached hydrogens (primary N) is 1. The SMILES string of the molecule is CNC(=O)c1ccc(Cl)c(NC(=O)CN)c1. The molecule has 0 radical (unpaired) electrons. The van der Waals surface area contributed by atoms with E-state index in [1.165, 1.54) is 19.2 Å². The van der Waals surface area contributed by atoms with Gasteiger partial charge in [0.05, 0.1) is 17.3 Å². The van der Waals surface area contributed by atoms with Crippen molar-refractivity contribution in [2.24, 2.45) is 5.73 Å². The van der Waals surface area contributed by atoms with Crippen LogP contribution in [0, 0.1) is 0 Å². The van der Waals surface area contributed by atoms with Gasteiger partial charge in [-0.05, 0) is 18.2 Å². The van der Waals surface area contributed by atoms with E-state index in [1.54, 1.807) is 6.07 Å². The molecule has 2 amide bonds. The molecular weight excluding hydrogens is 230 g/mol. The lowest BCUT2D eigenvalue weighted by Gasteiger charge is -2.08. The summed E-state index contributed by atoms with van der Waals surface area (Å²) in [5.74, 6) is -0.615. The van der Waals surface area contributed by atoms with E-state index in [9.17, 15) is 9.59 Å². The summed E-state index contributed by atoms with van der Waals surface area (Å²) in [6, 6.07) is 4.60. The van der Waals surface area contributed by atoms with Crippen molar-refractivity contribution in [3.63, 3.8) is 0 Å². The molecule has 1 aromatic rings. The standard InChI is InChI=1S/C10H12ClN3O2/c1-13-10(16)6-2-3-7(11)8(4-6)14-9(15)5-12/h2-4H,5,12H2,1H3,(H,13,16)(H,14,15). The minimum absolute atomic E-state index is 0.138. The third kappa shape index (κ3) is 2.95. The second-order valence-corrected chi connectivity index (χ2v) is 3.43. The van der Waals surface area contributed by atoms with Crippen molar-refractivity contribution in [3.8, 4) is 0 Å². The number of carbonyl (C=O) groups excluding carboxylic acids is 2. The van der Waals surface area contributed by atoms with E-state index in [2.05, 4.69) is 10.6 Å². The number of halogens is 1. The van der Waals surface area contributed by atoms with Crippen LogP contribution in [0.3, 0.4) is 0 Å². The highest BCUT2D eigenvalue weighted by atomic mass is 35.5. The third-order valence-electron chi connectivity index (χ3n) is 1.92. The topological polar surface area (TPSA) is 84.2 Å². The molecule has 1 rings (SSSR count). The van der Waals surface area contributed by atoms with Crippen molar-refractivity contribution in [1.82, 2.24) is 5.32 Å². The van der Waals surface area contributed by atoms with Gasteiger partial charge in [-0.1, -0.05) is 11.6 Å². The van der Waals surface area contributed by atoms with Crippen molar-refractivity contribution < 1.29 is 9.59 Å². The van der Waals surface area contributed by atoms with Crippen molar-refractivity contribution in [2.45, 2.75) is 0 Å². The zero-order chi connectivity index (χ0) is 12.1. The number of amides is 2. The van der Waals surface area contributed by atoms with E-state index in [-0.39, 0.29) is 18.4 Å². The van der Waals surface area contributed by atoms with Gasteiger partial charge < -0.3 is 16.4 Å². The Morgan fingerprint density at radius 3 is 2.69 bits per heavy atom. The Morgan fingerprint density at radius 2 is 2.12 bits per heavy atom. The molecule has 0 atom stereocenters. The van der Waals surface area contributed by atoms with Crippen molar-refractivity contribution >= 4 is 29.1 Å². The van der Waals surface area contributed by atoms with Crippen LogP contribution < -0.4 is 16.4 Å². The quantitative estimate of drug-likeness (QED) is 0.725. The van der Waals surface area contributed by atoms with Gasteiger partial charge in [-0.25, -0.2) is 0 Å². The molecule has 0 unspecified atom stereocenters. The molecule has 0 aliphatic heterocycles. The lowest BCUT2D eigenvalue weighted by atomic mass is 10.2. The van der Waals surface area contributed by atoms with Crippen LogP contribution in [-0.4, -0.2) is 25.4 Å². The molecular formula is C10H12ClN3O2. The molecule has 4 N–H and O–H groups in total. The highest BCUT2D eigenvalue weighted by molar-refractivity contribution is 6.33. The molecule has 0 heterocycles. The largest absolute Gasteiger partial charge is 0.355 e. The second kappa shape index (κ2) is 5.48. The molecule has 0 saturated heterocycles. The summed E-state index contributed by atoms with van der Waals surface area (Å²) >= 11 is 5.86. The van der Waals surface area contributed by atoms with Crippen LogP contribution in [0.25, 0.3) is 0 Å². The molecule has 0 aromatic heterocycles. The number of rotatable bonds is 3. The predicted octanol–water partition coefficient (Wildman–Crippen LogP) is 0.597. The fourth-order valence-corrected chi connectivity index (χ4v) is 1.27. The van der Waals surface area contributed by atoms with Gasteiger partial charge in [0.2, 0.25) is 5.91 Å². The molecule has 0 saturated carbocycles. The maximum Gasteiger partial charge on any atom is 0.251 e. The lowest BCUT2D eigenvalue weighted by Crippen LogP contribution is -2.23. The first-order valence-electron chi connectivity index (χ1n) is 4.60. The van der Waals surface area contributed by atoms with Gasteiger partial charge in [0.25, 0.3) is 5.91 Å². The Labute approximate surface area is 98.0 Å². The Morgan fingerprint density at radius 1 is 1.44 bits per heavy atom. The van der Waals surface area contributed by atoms with E-state index in [4.69, 9.17) is 17.3 Å². The van der Waals surface area contributed by atoms with E-state index >= 15 is 0 Å². The maximum atomic E-state index is 11.3. The van der Waals surface area contributed by atoms with Crippen LogP contribution in [0.4, 0.5) is 5.69 Å². The molecule has 5 nitrogen and oxygen atoms in total. The first-order chi connectivity index (χ1) is 7.58. The van der Waals surface area contributed by atoms with E-state index in [0.29, 0.717) is 16.3 Å². The molecule has 0 bridgehead atoms. The van der Waals surface area contributed by atoms with Gasteiger partial charge in [-0.15, -0.1) is 0 Å². The average molecular weight is 242 g/mol. The van der Waals surface area contributed by atoms with Gasteiger partial charge in [0.1, 0.15) is 0 Å². The van der Waals surface area contributed by atoms with Crippen LogP contribution in [0.1, 0.15) is 10.4 Å². The number of hydrogen-bond donors (Lipinski definition) is 3. The summed E-state index contributed by atoms with van der Waals surface area (Å²) in [6.07, 6.45) is 0. The number of anilines is 1. The molecule has 0 fully saturated rings. The summed E-state index contributed by atoms with van der Waals surface area (Å²) in [5.41, 5.74) is 5.95. The normalized spacial score (nSPS) is 9.69. The molecule has 0 aliphatic rings. The number of benzene rings is 1. The van der Waals surface area contributed by atoms with E-state index < -0.39 is 0 Å². The van der Waals surface area contributed by atoms with Gasteiger partial charge in [-0.3, -0.25) is 9.59 Å². The van der Waals surface area contributed by atoms with E-state index in [1.807, 2.05) is 0 Å². The third-order valence-corrected chi connectivity index (χ3v) is 2.24. The molecule has 0 aliphatic carbocycles. The molecule has 86 valence electrons. The van der Waals surface area contributed by atoms with Gasteiger partial charge in [0.15, 0.2) is 0 Å². The smallest absolute Gasteiger partial charge is 0.251 e. The fraction of sp³-hybridized carbons (Fsp3) is 0.200. The zero-order valence-corrected chi connectivity index (χ0v) is 9.47. The molecule has 0 spiro atoms. The Hall–Kier alpha value is -1.59. The summed E-state index contributed by atoms with van der Waals surface area (Å²) in [5, 5.41) is 5.34. The zero-order valence-electron chi connectivity index (χ0n) is 8.71. The highest BCUT2D eigenvalue weighted by Gasteiger charge is 2.09. The first-order valence-corrected chi connectivity index (χ1v) is 4.98. The van der Waals surface area contributed by atoms with Crippen LogP contribution in [0.5, 0.6) is 0 Å². The van der Waals surface area contributed by atoms with Crippen LogP contribution in [-0.2, 0) is 4.79 Å². The summed E-state index contributed by atoms with van der Waals surface area (Å²) in [4.78, 5) is 22.4. The fourth-order valence-electron chi connectivity index (χ4n) is 1.11. The minimum Gasteiger partial charge on any atom is -0.355 e. The summed E-state index contributed by atoms with van der Waals surface area (Å²) in [7, 11) is 1.52. The van der Waals surface area contributed by atoms with Crippen LogP contribution >= 0.6 is 11.6 Å². The monoisotopic (exact) mass is 241 g/mol. The second-order valence-electron chi connectivity index (χ2n) is 3.03. The van der Waals surface area contributed by atoms with Gasteiger partial charge in [-0.2, -0.15) is 0 Å². The van der Waals surface area contributed by atoms with Crippen LogP contribution in [0.15, 0.2) is 18.2 Å². The predicted molar refractivity (Wildman–Crippen MR) is 62.5 cm³/mol. The Kier molecular flexibility index (Phi) is 4.28. The Bertz CT molecular complexity index is 421.